The van der Waals surface area contributed by atoms with Crippen LogP contribution >= 0.6 is 0 Å². The predicted octanol–water partition coefficient (Wildman–Crippen LogP) is 1.84. The maximum atomic E-state index is 12.5. The summed E-state index contributed by atoms with van der Waals surface area (Å²) in [6, 6.07) is 5.73. The summed E-state index contributed by atoms with van der Waals surface area (Å²) in [5, 5.41) is 47.4. The first kappa shape index (κ1) is 14.9. The molecule has 0 aliphatic heterocycles. The van der Waals surface area contributed by atoms with Gasteiger partial charge in [0, 0.05) is 5.56 Å². The monoisotopic (exact) mass is 312 g/mol. The second-order valence-electron chi connectivity index (χ2n) is 4.16. The number of phenols is 4. The second kappa shape index (κ2) is 5.51. The molecule has 0 spiro atoms. The number of hydrogen-bond donors (Lipinski definition) is 5. The second-order valence-corrected chi connectivity index (χ2v) is 5.54. The van der Waals surface area contributed by atoms with Crippen LogP contribution in [-0.2, 0) is 10.8 Å². The zero-order chi connectivity index (χ0) is 15.7. The number of hydrogen-bond acceptors (Lipinski definition) is 7. The Morgan fingerprint density at radius 1 is 1.00 bits per heavy atom. The summed E-state index contributed by atoms with van der Waals surface area (Å²) in [5.41, 5.74) is -0.0732. The van der Waals surface area contributed by atoms with Gasteiger partial charge in [-0.25, -0.2) is 9.47 Å². The van der Waals surface area contributed by atoms with Crippen LogP contribution in [0.5, 0.6) is 28.7 Å². The lowest BCUT2D eigenvalue weighted by molar-refractivity contribution is -0.141. The molecule has 0 amide bonds. The van der Waals surface area contributed by atoms with E-state index in [1.165, 1.54) is 31.2 Å². The number of phenolic OH excluding ortho intramolecular Hbond substituents is 4. The van der Waals surface area contributed by atoms with Gasteiger partial charge in [0.1, 0.15) is 10.6 Å². The summed E-state index contributed by atoms with van der Waals surface area (Å²) in [5.74, 6) is -3.50. The van der Waals surface area contributed by atoms with Gasteiger partial charge in [0.05, 0.1) is 15.7 Å². The van der Waals surface area contributed by atoms with Gasteiger partial charge in [-0.15, -0.1) is 0 Å². The third-order valence-corrected chi connectivity index (χ3v) is 4.51. The smallest absolute Gasteiger partial charge is 0.227 e. The van der Waals surface area contributed by atoms with E-state index < -0.39 is 33.8 Å². The molecule has 0 heterocycles. The maximum absolute atomic E-state index is 12.5. The van der Waals surface area contributed by atoms with Crippen LogP contribution in [0.1, 0.15) is 5.56 Å². The molecule has 0 fully saturated rings. The Morgan fingerprint density at radius 3 is 2.19 bits per heavy atom. The van der Waals surface area contributed by atoms with Crippen LogP contribution in [-0.4, -0.2) is 29.9 Å². The average Bonchev–Trinajstić information content (AvgIpc) is 2.48. The first-order valence-corrected chi connectivity index (χ1v) is 6.83. The van der Waals surface area contributed by atoms with Gasteiger partial charge in [0.15, 0.2) is 5.75 Å². The van der Waals surface area contributed by atoms with Gasteiger partial charge in [-0.3, -0.25) is 0 Å². The van der Waals surface area contributed by atoms with E-state index in [-0.39, 0.29) is 21.1 Å². The van der Waals surface area contributed by atoms with E-state index >= 15 is 0 Å². The molecule has 0 saturated heterocycles. The molecule has 2 aromatic rings. The van der Waals surface area contributed by atoms with Gasteiger partial charge in [-0.2, -0.15) is 0 Å². The van der Waals surface area contributed by atoms with Crippen molar-refractivity contribution in [1.29, 1.82) is 0 Å². The minimum atomic E-state index is -2.08. The van der Waals surface area contributed by atoms with Gasteiger partial charge in [-0.05, 0) is 19.1 Å². The van der Waals surface area contributed by atoms with Crippen molar-refractivity contribution in [3.8, 4) is 28.7 Å². The van der Waals surface area contributed by atoms with Crippen LogP contribution in [0.2, 0.25) is 0 Å². The Morgan fingerprint density at radius 2 is 1.62 bits per heavy atom. The van der Waals surface area contributed by atoms with Crippen molar-refractivity contribution in [2.24, 2.45) is 0 Å². The van der Waals surface area contributed by atoms with Gasteiger partial charge < -0.3 is 25.3 Å². The Balaban J connectivity index is 2.75. The minimum absolute atomic E-state index is 0.0108. The Bertz CT molecular complexity index is 727. The molecule has 1 unspecified atom stereocenters. The fourth-order valence-corrected chi connectivity index (χ4v) is 3.17. The molecule has 2 rings (SSSR count). The highest BCUT2D eigenvalue weighted by atomic mass is 32.2. The van der Waals surface area contributed by atoms with Crippen LogP contribution in [0, 0.1) is 6.92 Å². The molecule has 0 aliphatic rings. The molecule has 1 atom stereocenters. The normalized spacial score (nSPS) is 12.1. The van der Waals surface area contributed by atoms with Crippen molar-refractivity contribution < 1.29 is 34.8 Å². The summed E-state index contributed by atoms with van der Waals surface area (Å²) in [7, 11) is -2.08. The largest absolute Gasteiger partial charge is 0.507 e. The van der Waals surface area contributed by atoms with E-state index in [2.05, 4.69) is 4.89 Å². The average molecular weight is 312 g/mol. The fourth-order valence-electron chi connectivity index (χ4n) is 1.81. The Hall–Kier alpha value is -2.45. The molecule has 0 saturated carbocycles. The third-order valence-electron chi connectivity index (χ3n) is 2.91. The summed E-state index contributed by atoms with van der Waals surface area (Å²) in [6.07, 6.45) is 0. The molecule has 0 radical (unpaired) electrons. The van der Waals surface area contributed by atoms with E-state index in [0.29, 0.717) is 0 Å². The molecule has 112 valence electrons. The molecule has 0 aliphatic carbocycles. The van der Waals surface area contributed by atoms with E-state index in [0.717, 1.165) is 0 Å². The standard InChI is InChI=1S/C13H12O7S/c1-6-9(15)10(16)11(17)12(20-18)13(6)21(19)8-5-3-2-4-7(8)14/h2-5,14-18H,1H3. The zero-order valence-corrected chi connectivity index (χ0v) is 11.6. The van der Waals surface area contributed by atoms with Gasteiger partial charge in [0.2, 0.25) is 17.2 Å². The van der Waals surface area contributed by atoms with Crippen LogP contribution < -0.4 is 4.89 Å². The van der Waals surface area contributed by atoms with E-state index in [9.17, 15) is 24.6 Å². The minimum Gasteiger partial charge on any atom is -0.507 e. The summed E-state index contributed by atoms with van der Waals surface area (Å²) in [4.78, 5) is 3.70. The quantitative estimate of drug-likeness (QED) is 0.332. The molecular formula is C13H12O7S. The SMILES string of the molecule is Cc1c(O)c(O)c(O)c(OO)c1S(=O)c1ccccc1O. The number of benzene rings is 2. The molecule has 2 aromatic carbocycles. The van der Waals surface area contributed by atoms with E-state index in [4.69, 9.17) is 5.26 Å². The van der Waals surface area contributed by atoms with Crippen LogP contribution in [0.4, 0.5) is 0 Å². The lowest BCUT2D eigenvalue weighted by atomic mass is 10.2. The van der Waals surface area contributed by atoms with Gasteiger partial charge >= 0.3 is 0 Å². The van der Waals surface area contributed by atoms with Crippen LogP contribution in [0.15, 0.2) is 34.1 Å². The lowest BCUT2D eigenvalue weighted by Gasteiger charge is -2.14. The van der Waals surface area contributed by atoms with Crippen molar-refractivity contribution in [2.45, 2.75) is 16.7 Å². The van der Waals surface area contributed by atoms with Gasteiger partial charge in [-0.1, -0.05) is 12.1 Å². The van der Waals surface area contributed by atoms with Crippen LogP contribution in [0.25, 0.3) is 0 Å². The number of para-hydroxylation sites is 1. The van der Waals surface area contributed by atoms with Gasteiger partial charge in [0.25, 0.3) is 0 Å². The summed E-state index contributed by atoms with van der Waals surface area (Å²) in [6.45, 7) is 1.31. The molecule has 21 heavy (non-hydrogen) atoms. The lowest BCUT2D eigenvalue weighted by Crippen LogP contribution is -2.01. The molecule has 0 bridgehead atoms. The highest BCUT2D eigenvalue weighted by Gasteiger charge is 2.28. The summed E-state index contributed by atoms with van der Waals surface area (Å²) >= 11 is 0. The highest BCUT2D eigenvalue weighted by Crippen LogP contribution is 2.49. The highest BCUT2D eigenvalue weighted by molar-refractivity contribution is 7.85. The Kier molecular flexibility index (Phi) is 3.92. The fraction of sp³-hybridized carbons (Fsp3) is 0.0769. The zero-order valence-electron chi connectivity index (χ0n) is 10.8. The third kappa shape index (κ3) is 2.34. The van der Waals surface area contributed by atoms with Crippen molar-refractivity contribution in [3.63, 3.8) is 0 Å². The molecule has 8 heteroatoms. The van der Waals surface area contributed by atoms with Crippen molar-refractivity contribution in [1.82, 2.24) is 0 Å². The molecule has 0 aromatic heterocycles. The summed E-state index contributed by atoms with van der Waals surface area (Å²) < 4.78 is 12.5. The number of aromatic hydroxyl groups is 4. The van der Waals surface area contributed by atoms with Crippen molar-refractivity contribution in [2.75, 3.05) is 0 Å². The predicted molar refractivity (Wildman–Crippen MR) is 72.2 cm³/mol. The van der Waals surface area contributed by atoms with E-state index in [1.54, 1.807) is 0 Å². The van der Waals surface area contributed by atoms with E-state index in [1.807, 2.05) is 0 Å². The van der Waals surface area contributed by atoms with Crippen molar-refractivity contribution >= 4 is 10.8 Å². The molecular weight excluding hydrogens is 300 g/mol. The van der Waals surface area contributed by atoms with Crippen LogP contribution in [0.3, 0.4) is 0 Å². The number of rotatable bonds is 3. The molecule has 5 N–H and O–H groups in total. The topological polar surface area (TPSA) is 127 Å². The Labute approximate surface area is 121 Å². The van der Waals surface area contributed by atoms with Crippen molar-refractivity contribution in [3.05, 3.63) is 29.8 Å². The molecule has 7 nitrogen and oxygen atoms in total. The first-order chi connectivity index (χ1) is 9.90. The maximum Gasteiger partial charge on any atom is 0.227 e. The first-order valence-electron chi connectivity index (χ1n) is 5.68.